The smallest absolute Gasteiger partial charge is 0.341 e. The van der Waals surface area contributed by atoms with Gasteiger partial charge in [-0.1, -0.05) is 113 Å². The summed E-state index contributed by atoms with van der Waals surface area (Å²) in [5.41, 5.74) is 1.28. The van der Waals surface area contributed by atoms with Crippen LogP contribution in [0.4, 0.5) is 0 Å². The summed E-state index contributed by atoms with van der Waals surface area (Å²) in [5, 5.41) is 0. The molecule has 0 aliphatic carbocycles. The fraction of sp³-hybridized carbons (Fsp3) is 0.343. The predicted molar refractivity (Wildman–Crippen MR) is 160 cm³/mol. The molecule has 2 atom stereocenters. The minimum Gasteiger partial charge on any atom is -0.489 e. The zero-order valence-corrected chi connectivity index (χ0v) is 24.3. The third kappa shape index (κ3) is 7.94. The maximum absolute atomic E-state index is 13.6. The van der Waals surface area contributed by atoms with E-state index in [0.717, 1.165) is 28.9 Å². The van der Waals surface area contributed by atoms with E-state index in [1.54, 1.807) is 6.08 Å². The molecule has 0 bridgehead atoms. The summed E-state index contributed by atoms with van der Waals surface area (Å²) in [5.74, 6) is -0.0701. The van der Waals surface area contributed by atoms with E-state index in [2.05, 4.69) is 6.92 Å². The van der Waals surface area contributed by atoms with Gasteiger partial charge < -0.3 is 14.2 Å². The largest absolute Gasteiger partial charge is 0.489 e. The number of carbonyl (C=O) groups excluding carboxylic acids is 2. The lowest BCUT2D eigenvalue weighted by molar-refractivity contribution is -0.141. The minimum absolute atomic E-state index is 0.181. The Morgan fingerprint density at radius 2 is 1.51 bits per heavy atom. The minimum atomic E-state index is -1.19. The Morgan fingerprint density at radius 3 is 2.07 bits per heavy atom. The first kappa shape index (κ1) is 29.8. The fourth-order valence-corrected chi connectivity index (χ4v) is 4.76. The molecule has 0 unspecified atom stereocenters. The molecular weight excluding hydrogens is 514 g/mol. The van der Waals surface area contributed by atoms with Crippen molar-refractivity contribution >= 4 is 17.8 Å². The maximum atomic E-state index is 13.6. The van der Waals surface area contributed by atoms with Gasteiger partial charge in [0.25, 0.3) is 0 Å². The summed E-state index contributed by atoms with van der Waals surface area (Å²) in [6.07, 6.45) is 4.97. The van der Waals surface area contributed by atoms with Gasteiger partial charge in [0, 0.05) is 23.8 Å². The molecule has 0 aromatic heterocycles. The van der Waals surface area contributed by atoms with Crippen LogP contribution in [-0.2, 0) is 38.7 Å². The molecule has 1 aliphatic rings. The van der Waals surface area contributed by atoms with Crippen LogP contribution in [0.3, 0.4) is 0 Å². The molecule has 6 nitrogen and oxygen atoms in total. The molecule has 4 rings (SSSR count). The Balaban J connectivity index is 1.55. The van der Waals surface area contributed by atoms with Crippen molar-refractivity contribution in [1.29, 1.82) is 0 Å². The number of cyclic esters (lactones) is 1. The highest BCUT2D eigenvalue weighted by molar-refractivity contribution is 6.02. The SMILES string of the molecule is CCC[C@@H](/C=C/C(=O)OCc1ccccc1)[C@@]1(Cc2ccc(OCc3ccccc3)cc2)N=C(C(C)(C)C)OC1=O. The lowest BCUT2D eigenvalue weighted by atomic mass is 9.77. The Morgan fingerprint density at radius 1 is 0.902 bits per heavy atom. The Hall–Kier alpha value is -4.19. The number of hydrogen-bond acceptors (Lipinski definition) is 6. The Kier molecular flexibility index (Phi) is 9.77. The first-order chi connectivity index (χ1) is 19.7. The second-order valence-electron chi connectivity index (χ2n) is 11.4. The molecule has 0 spiro atoms. The van der Waals surface area contributed by atoms with Gasteiger partial charge in [-0.3, -0.25) is 0 Å². The summed E-state index contributed by atoms with van der Waals surface area (Å²) in [6, 6.07) is 27.2. The van der Waals surface area contributed by atoms with Gasteiger partial charge in [-0.05, 0) is 35.2 Å². The first-order valence-electron chi connectivity index (χ1n) is 14.2. The monoisotopic (exact) mass is 553 g/mol. The number of rotatable bonds is 12. The standard InChI is InChI=1S/C35H39NO5/c1-5-12-29(19-22-31(37)40-25-28-15-10-7-11-16-28)35(33(38)41-32(36-35)34(2,3)4)23-26-17-20-30(21-18-26)39-24-27-13-8-6-9-14-27/h6-11,13-22,29H,5,12,23-25H2,1-4H3/b22-19+/t29-,35+/m0/s1. The zero-order chi connectivity index (χ0) is 29.3. The lowest BCUT2D eigenvalue weighted by Crippen LogP contribution is -2.43. The number of benzene rings is 3. The van der Waals surface area contributed by atoms with E-state index >= 15 is 0 Å². The number of ether oxygens (including phenoxy) is 3. The molecule has 3 aromatic carbocycles. The summed E-state index contributed by atoms with van der Waals surface area (Å²) >= 11 is 0. The number of hydrogen-bond donors (Lipinski definition) is 0. The van der Waals surface area contributed by atoms with Crippen LogP contribution in [0.15, 0.2) is 102 Å². The van der Waals surface area contributed by atoms with E-state index in [1.165, 1.54) is 6.08 Å². The van der Waals surface area contributed by atoms with Gasteiger partial charge in [-0.15, -0.1) is 0 Å². The average Bonchev–Trinajstić information content (AvgIpc) is 3.32. The van der Waals surface area contributed by atoms with Crippen LogP contribution in [-0.4, -0.2) is 23.4 Å². The van der Waals surface area contributed by atoms with E-state index in [4.69, 9.17) is 19.2 Å². The second-order valence-corrected chi connectivity index (χ2v) is 11.4. The molecule has 0 fully saturated rings. The number of esters is 2. The third-order valence-electron chi connectivity index (χ3n) is 7.03. The van der Waals surface area contributed by atoms with Crippen LogP contribution in [0.2, 0.25) is 0 Å². The van der Waals surface area contributed by atoms with Crippen molar-refractivity contribution in [1.82, 2.24) is 0 Å². The van der Waals surface area contributed by atoms with E-state index < -0.39 is 22.9 Å². The van der Waals surface area contributed by atoms with Crippen molar-refractivity contribution in [3.05, 3.63) is 114 Å². The molecule has 0 radical (unpaired) electrons. The molecular formula is C35H39NO5. The topological polar surface area (TPSA) is 74.2 Å². The fourth-order valence-electron chi connectivity index (χ4n) is 4.76. The molecule has 0 amide bonds. The molecule has 0 N–H and O–H groups in total. The van der Waals surface area contributed by atoms with Gasteiger partial charge in [-0.25, -0.2) is 14.6 Å². The van der Waals surface area contributed by atoms with Gasteiger partial charge in [0.05, 0.1) is 0 Å². The van der Waals surface area contributed by atoms with Crippen molar-refractivity contribution in [3.8, 4) is 5.75 Å². The van der Waals surface area contributed by atoms with Gasteiger partial charge in [0.2, 0.25) is 0 Å². The van der Waals surface area contributed by atoms with Crippen molar-refractivity contribution in [2.45, 2.75) is 65.7 Å². The highest BCUT2D eigenvalue weighted by Crippen LogP contribution is 2.39. The molecule has 1 heterocycles. The molecule has 41 heavy (non-hydrogen) atoms. The highest BCUT2D eigenvalue weighted by atomic mass is 16.6. The van der Waals surface area contributed by atoms with Crippen LogP contribution >= 0.6 is 0 Å². The quantitative estimate of drug-likeness (QED) is 0.174. The zero-order valence-electron chi connectivity index (χ0n) is 24.3. The maximum Gasteiger partial charge on any atom is 0.341 e. The van der Waals surface area contributed by atoms with E-state index in [0.29, 0.717) is 25.3 Å². The second kappa shape index (κ2) is 13.4. The normalized spacial score (nSPS) is 17.7. The van der Waals surface area contributed by atoms with Crippen molar-refractivity contribution in [2.75, 3.05) is 0 Å². The van der Waals surface area contributed by atoms with Crippen molar-refractivity contribution in [3.63, 3.8) is 0 Å². The van der Waals surface area contributed by atoms with E-state index in [-0.39, 0.29) is 12.5 Å². The number of aliphatic imine (C=N–C) groups is 1. The molecule has 1 aliphatic heterocycles. The molecule has 6 heteroatoms. The van der Waals surface area contributed by atoms with Gasteiger partial charge >= 0.3 is 11.9 Å². The lowest BCUT2D eigenvalue weighted by Gasteiger charge is -2.30. The summed E-state index contributed by atoms with van der Waals surface area (Å²) < 4.78 is 17.2. The van der Waals surface area contributed by atoms with Crippen LogP contribution < -0.4 is 4.74 Å². The number of nitrogens with zero attached hydrogens (tertiary/aromatic N) is 1. The number of carbonyl (C=O) groups is 2. The van der Waals surface area contributed by atoms with Gasteiger partial charge in [-0.2, -0.15) is 0 Å². The average molecular weight is 554 g/mol. The summed E-state index contributed by atoms with van der Waals surface area (Å²) in [4.78, 5) is 31.2. The Labute approximate surface area is 243 Å². The van der Waals surface area contributed by atoms with Gasteiger partial charge in [0.1, 0.15) is 19.0 Å². The molecule has 0 saturated heterocycles. The third-order valence-corrected chi connectivity index (χ3v) is 7.03. The highest BCUT2D eigenvalue weighted by Gasteiger charge is 2.52. The van der Waals surface area contributed by atoms with Gasteiger partial charge in [0.15, 0.2) is 11.4 Å². The van der Waals surface area contributed by atoms with E-state index in [1.807, 2.05) is 106 Å². The van der Waals surface area contributed by atoms with Crippen molar-refractivity contribution < 1.29 is 23.8 Å². The van der Waals surface area contributed by atoms with Crippen LogP contribution in [0.1, 0.15) is 57.2 Å². The van der Waals surface area contributed by atoms with Crippen LogP contribution in [0, 0.1) is 11.3 Å². The molecule has 214 valence electrons. The first-order valence-corrected chi connectivity index (χ1v) is 14.2. The molecule has 0 saturated carbocycles. The summed E-state index contributed by atoms with van der Waals surface area (Å²) in [6.45, 7) is 8.62. The van der Waals surface area contributed by atoms with Crippen LogP contribution in [0.25, 0.3) is 0 Å². The van der Waals surface area contributed by atoms with Crippen LogP contribution in [0.5, 0.6) is 5.75 Å². The molecule has 3 aromatic rings. The Bertz CT molecular complexity index is 1360. The van der Waals surface area contributed by atoms with E-state index in [9.17, 15) is 9.59 Å². The predicted octanol–water partition coefficient (Wildman–Crippen LogP) is 7.26. The van der Waals surface area contributed by atoms with Crippen molar-refractivity contribution in [2.24, 2.45) is 16.3 Å². The summed E-state index contributed by atoms with van der Waals surface area (Å²) in [7, 11) is 0.